The quantitative estimate of drug-likeness (QED) is 0.786. The van der Waals surface area contributed by atoms with Gasteiger partial charge in [0.05, 0.1) is 17.8 Å². The van der Waals surface area contributed by atoms with E-state index in [4.69, 9.17) is 0 Å². The zero-order valence-corrected chi connectivity index (χ0v) is 13.8. The Bertz CT molecular complexity index is 546. The van der Waals surface area contributed by atoms with Crippen molar-refractivity contribution in [3.8, 4) is 0 Å². The van der Waals surface area contributed by atoms with Gasteiger partial charge >= 0.3 is 0 Å². The normalized spacial score (nSPS) is 14.4. The number of benzene rings is 1. The van der Waals surface area contributed by atoms with Gasteiger partial charge in [-0.15, -0.1) is 0 Å². The molecule has 0 atom stereocenters. The van der Waals surface area contributed by atoms with E-state index >= 15 is 0 Å². The van der Waals surface area contributed by atoms with Gasteiger partial charge in [-0.05, 0) is 32.9 Å². The Morgan fingerprint density at radius 2 is 1.71 bits per heavy atom. The predicted molar refractivity (Wildman–Crippen MR) is 91.5 cm³/mol. The van der Waals surface area contributed by atoms with Crippen molar-refractivity contribution in [2.45, 2.75) is 47.1 Å². The summed E-state index contributed by atoms with van der Waals surface area (Å²) in [5, 5.41) is 0. The van der Waals surface area contributed by atoms with E-state index in [1.54, 1.807) is 0 Å². The highest BCUT2D eigenvalue weighted by molar-refractivity contribution is 6.01. The van der Waals surface area contributed by atoms with Crippen LogP contribution >= 0.6 is 0 Å². The Morgan fingerprint density at radius 1 is 1.19 bits per heavy atom. The Kier molecular flexibility index (Phi) is 5.77. The summed E-state index contributed by atoms with van der Waals surface area (Å²) >= 11 is 0. The second-order valence-electron chi connectivity index (χ2n) is 5.16. The van der Waals surface area contributed by atoms with E-state index in [-0.39, 0.29) is 11.9 Å². The Hall–Kier alpha value is -2.03. The number of anilines is 2. The summed E-state index contributed by atoms with van der Waals surface area (Å²) in [6.07, 6.45) is 0.319. The SMILES string of the molecule is C=C(C)N1C(=C)CC(=O)N(C(C)C)c2ccccc21.CC. The lowest BCUT2D eigenvalue weighted by molar-refractivity contribution is -0.118. The molecule has 114 valence electrons. The minimum Gasteiger partial charge on any atom is -0.317 e. The first kappa shape index (κ1) is 17.0. The van der Waals surface area contributed by atoms with Crippen molar-refractivity contribution in [3.63, 3.8) is 0 Å². The average Bonchev–Trinajstić information content (AvgIpc) is 2.53. The zero-order valence-electron chi connectivity index (χ0n) is 13.8. The van der Waals surface area contributed by atoms with E-state index < -0.39 is 0 Å². The van der Waals surface area contributed by atoms with Crippen molar-refractivity contribution in [3.05, 3.63) is 48.8 Å². The number of rotatable bonds is 2. The monoisotopic (exact) mass is 286 g/mol. The van der Waals surface area contributed by atoms with Gasteiger partial charge in [0.2, 0.25) is 5.91 Å². The van der Waals surface area contributed by atoms with Gasteiger partial charge in [0, 0.05) is 17.4 Å². The summed E-state index contributed by atoms with van der Waals surface area (Å²) in [4.78, 5) is 16.2. The molecule has 1 aromatic carbocycles. The molecule has 1 aliphatic rings. The highest BCUT2D eigenvalue weighted by Gasteiger charge is 2.29. The molecule has 0 N–H and O–H groups in total. The van der Waals surface area contributed by atoms with Crippen LogP contribution in [0.15, 0.2) is 48.8 Å². The topological polar surface area (TPSA) is 23.6 Å². The van der Waals surface area contributed by atoms with Crippen LogP contribution < -0.4 is 9.80 Å². The van der Waals surface area contributed by atoms with Gasteiger partial charge in [-0.25, -0.2) is 0 Å². The van der Waals surface area contributed by atoms with E-state index in [0.717, 1.165) is 22.8 Å². The molecule has 0 aromatic heterocycles. The van der Waals surface area contributed by atoms with Gasteiger partial charge in [-0.3, -0.25) is 4.79 Å². The molecule has 1 amide bonds. The maximum absolute atomic E-state index is 12.4. The minimum absolute atomic E-state index is 0.0798. The Balaban J connectivity index is 0.00000106. The number of allylic oxidation sites excluding steroid dienone is 1. The van der Waals surface area contributed by atoms with Crippen molar-refractivity contribution in [2.24, 2.45) is 0 Å². The molecule has 0 unspecified atom stereocenters. The summed E-state index contributed by atoms with van der Waals surface area (Å²) in [6, 6.07) is 8.01. The zero-order chi connectivity index (χ0) is 16.2. The van der Waals surface area contributed by atoms with Crippen molar-refractivity contribution in [1.82, 2.24) is 0 Å². The summed E-state index contributed by atoms with van der Waals surface area (Å²) in [5.41, 5.74) is 3.53. The van der Waals surface area contributed by atoms with E-state index in [1.807, 2.05) is 68.7 Å². The number of carbonyl (C=O) groups is 1. The van der Waals surface area contributed by atoms with E-state index in [0.29, 0.717) is 6.42 Å². The summed E-state index contributed by atoms with van der Waals surface area (Å²) in [7, 11) is 0. The fourth-order valence-corrected chi connectivity index (χ4v) is 2.54. The number of para-hydroxylation sites is 2. The standard InChI is InChI=1S/C16H20N2O.C2H6/c1-11(2)17-13(5)10-16(19)18(12(3)4)15-9-7-6-8-14(15)17;1-2/h6-9,12H,1,5,10H2,2-4H3;1-2H3. The lowest BCUT2D eigenvalue weighted by Crippen LogP contribution is -2.36. The van der Waals surface area contributed by atoms with Gasteiger partial charge in [-0.2, -0.15) is 0 Å². The Morgan fingerprint density at radius 3 is 2.19 bits per heavy atom. The third kappa shape index (κ3) is 3.35. The smallest absolute Gasteiger partial charge is 0.233 e. The lowest BCUT2D eigenvalue weighted by Gasteiger charge is -2.29. The molecule has 1 heterocycles. The second-order valence-corrected chi connectivity index (χ2v) is 5.16. The molecule has 1 aromatic rings. The molecule has 2 rings (SSSR count). The molecule has 0 radical (unpaired) electrons. The number of amides is 1. The van der Waals surface area contributed by atoms with Crippen molar-refractivity contribution in [2.75, 3.05) is 9.80 Å². The first-order chi connectivity index (χ1) is 9.93. The molecular formula is C18H26N2O. The number of hydrogen-bond acceptors (Lipinski definition) is 2. The third-order valence-corrected chi connectivity index (χ3v) is 3.22. The van der Waals surface area contributed by atoms with Crippen LogP contribution in [0.5, 0.6) is 0 Å². The second kappa shape index (κ2) is 7.11. The van der Waals surface area contributed by atoms with Crippen LogP contribution in [0.3, 0.4) is 0 Å². The highest BCUT2D eigenvalue weighted by Crippen LogP contribution is 2.38. The predicted octanol–water partition coefficient (Wildman–Crippen LogP) is 4.71. The van der Waals surface area contributed by atoms with Crippen LogP contribution in [0.25, 0.3) is 0 Å². The molecule has 0 spiro atoms. The first-order valence-electron chi connectivity index (χ1n) is 7.48. The molecular weight excluding hydrogens is 260 g/mol. The lowest BCUT2D eigenvalue weighted by atomic mass is 10.2. The number of fused-ring (bicyclic) bond motifs is 1. The van der Waals surface area contributed by atoms with E-state index in [2.05, 4.69) is 13.2 Å². The van der Waals surface area contributed by atoms with Gasteiger partial charge in [0.25, 0.3) is 0 Å². The third-order valence-electron chi connectivity index (χ3n) is 3.22. The van der Waals surface area contributed by atoms with Gasteiger partial charge in [0.1, 0.15) is 0 Å². The number of hydrogen-bond donors (Lipinski definition) is 0. The maximum atomic E-state index is 12.4. The summed E-state index contributed by atoms with van der Waals surface area (Å²) < 4.78 is 0. The van der Waals surface area contributed by atoms with E-state index in [1.165, 1.54) is 0 Å². The maximum Gasteiger partial charge on any atom is 0.233 e. The summed E-state index contributed by atoms with van der Waals surface area (Å²) in [5.74, 6) is 0.0798. The van der Waals surface area contributed by atoms with Crippen LogP contribution in [0.4, 0.5) is 11.4 Å². The molecule has 21 heavy (non-hydrogen) atoms. The fourth-order valence-electron chi connectivity index (χ4n) is 2.54. The van der Waals surface area contributed by atoms with Crippen LogP contribution in [-0.2, 0) is 4.79 Å². The van der Waals surface area contributed by atoms with Crippen LogP contribution in [-0.4, -0.2) is 11.9 Å². The molecule has 0 saturated heterocycles. The molecule has 1 aliphatic heterocycles. The Labute approximate surface area is 128 Å². The van der Waals surface area contributed by atoms with E-state index in [9.17, 15) is 4.79 Å². The van der Waals surface area contributed by atoms with Crippen molar-refractivity contribution < 1.29 is 4.79 Å². The molecule has 0 saturated carbocycles. The molecule has 0 bridgehead atoms. The van der Waals surface area contributed by atoms with Gasteiger partial charge in [0.15, 0.2) is 0 Å². The summed E-state index contributed by atoms with van der Waals surface area (Å²) in [6.45, 7) is 18.0. The first-order valence-corrected chi connectivity index (χ1v) is 7.48. The van der Waals surface area contributed by atoms with Crippen molar-refractivity contribution >= 4 is 17.3 Å². The van der Waals surface area contributed by atoms with Gasteiger partial charge < -0.3 is 9.80 Å². The fraction of sp³-hybridized carbons (Fsp3) is 0.389. The number of nitrogens with zero attached hydrogens (tertiary/aromatic N) is 2. The van der Waals surface area contributed by atoms with Crippen LogP contribution in [0.2, 0.25) is 0 Å². The molecule has 3 heteroatoms. The van der Waals surface area contributed by atoms with Gasteiger partial charge in [-0.1, -0.05) is 39.1 Å². The molecule has 0 aliphatic carbocycles. The highest BCUT2D eigenvalue weighted by atomic mass is 16.2. The number of carbonyl (C=O) groups excluding carboxylic acids is 1. The largest absolute Gasteiger partial charge is 0.317 e. The minimum atomic E-state index is 0.0798. The van der Waals surface area contributed by atoms with Crippen LogP contribution in [0, 0.1) is 0 Å². The molecule has 0 fully saturated rings. The van der Waals surface area contributed by atoms with Crippen molar-refractivity contribution in [1.29, 1.82) is 0 Å². The van der Waals surface area contributed by atoms with Crippen LogP contribution in [0.1, 0.15) is 41.0 Å². The average molecular weight is 286 g/mol. The molecule has 3 nitrogen and oxygen atoms in total.